The average molecular weight is 238 g/mol. The second kappa shape index (κ2) is 6.15. The average Bonchev–Trinajstić information content (AvgIpc) is 2.30. The van der Waals surface area contributed by atoms with E-state index in [1.807, 2.05) is 21.0 Å². The Hall–Kier alpha value is -1.69. The van der Waals surface area contributed by atoms with Crippen LogP contribution in [0.2, 0.25) is 0 Å². The molecule has 0 radical (unpaired) electrons. The van der Waals surface area contributed by atoms with Gasteiger partial charge >= 0.3 is 0 Å². The van der Waals surface area contributed by atoms with Gasteiger partial charge in [-0.25, -0.2) is 9.97 Å². The highest BCUT2D eigenvalue weighted by Gasteiger charge is 2.12. The van der Waals surface area contributed by atoms with Gasteiger partial charge in [0.05, 0.1) is 18.1 Å². The van der Waals surface area contributed by atoms with Crippen LogP contribution in [0.25, 0.3) is 0 Å². The molecule has 1 unspecified atom stereocenters. The van der Waals surface area contributed by atoms with Crippen molar-refractivity contribution in [3.63, 3.8) is 0 Å². The first-order chi connectivity index (χ1) is 8.04. The molecule has 0 spiro atoms. The molecule has 0 saturated carbocycles. The van der Waals surface area contributed by atoms with E-state index in [4.69, 9.17) is 4.74 Å². The van der Waals surface area contributed by atoms with Crippen molar-refractivity contribution in [3.05, 3.63) is 12.4 Å². The Morgan fingerprint density at radius 1 is 1.47 bits per heavy atom. The van der Waals surface area contributed by atoms with Crippen LogP contribution in [0.1, 0.15) is 13.8 Å². The van der Waals surface area contributed by atoms with Crippen LogP contribution in [0.3, 0.4) is 0 Å². The van der Waals surface area contributed by atoms with Crippen molar-refractivity contribution >= 4 is 17.5 Å². The van der Waals surface area contributed by atoms with Gasteiger partial charge in [-0.05, 0) is 13.8 Å². The fourth-order valence-electron chi connectivity index (χ4n) is 1.19. The number of hydrogen-bond donors (Lipinski definition) is 1. The lowest BCUT2D eigenvalue weighted by Crippen LogP contribution is -2.27. The predicted molar refractivity (Wildman–Crippen MR) is 66.1 cm³/mol. The molecule has 17 heavy (non-hydrogen) atoms. The number of carbonyl (C=O) groups excluding carboxylic acids is 1. The third-order valence-electron chi connectivity index (χ3n) is 2.09. The lowest BCUT2D eigenvalue weighted by Gasteiger charge is -2.13. The van der Waals surface area contributed by atoms with Crippen LogP contribution >= 0.6 is 0 Å². The van der Waals surface area contributed by atoms with Gasteiger partial charge in [0.1, 0.15) is 6.10 Å². The molecule has 0 aliphatic carbocycles. The highest BCUT2D eigenvalue weighted by atomic mass is 16.5. The number of nitrogens with zero attached hydrogens (tertiary/aromatic N) is 3. The highest BCUT2D eigenvalue weighted by Crippen LogP contribution is 2.08. The van der Waals surface area contributed by atoms with E-state index in [0.29, 0.717) is 18.2 Å². The number of carbonyl (C=O) groups is 1. The van der Waals surface area contributed by atoms with E-state index in [9.17, 15) is 4.79 Å². The largest absolute Gasteiger partial charge is 0.369 e. The minimum atomic E-state index is -0.478. The minimum absolute atomic E-state index is 0.201. The fourth-order valence-corrected chi connectivity index (χ4v) is 1.19. The van der Waals surface area contributed by atoms with Crippen LogP contribution in [0.5, 0.6) is 0 Å². The first kappa shape index (κ1) is 13.4. The zero-order valence-corrected chi connectivity index (χ0v) is 10.6. The van der Waals surface area contributed by atoms with Gasteiger partial charge in [-0.1, -0.05) is 0 Å². The summed E-state index contributed by atoms with van der Waals surface area (Å²) in [5.41, 5.74) is 0.562. The van der Waals surface area contributed by atoms with Gasteiger partial charge < -0.3 is 15.0 Å². The van der Waals surface area contributed by atoms with E-state index in [1.54, 1.807) is 24.2 Å². The van der Waals surface area contributed by atoms with E-state index in [0.717, 1.165) is 0 Å². The number of nitrogens with one attached hydrogen (secondary N) is 1. The summed E-state index contributed by atoms with van der Waals surface area (Å²) >= 11 is 0. The van der Waals surface area contributed by atoms with Gasteiger partial charge in [0, 0.05) is 20.7 Å². The zero-order chi connectivity index (χ0) is 12.8. The lowest BCUT2D eigenvalue weighted by atomic mass is 10.3. The quantitative estimate of drug-likeness (QED) is 0.825. The molecule has 1 atom stereocenters. The smallest absolute Gasteiger partial charge is 0.253 e. The molecule has 6 heteroatoms. The summed E-state index contributed by atoms with van der Waals surface area (Å²) in [4.78, 5) is 21.6. The number of amides is 1. The number of aromatic nitrogens is 2. The maximum atomic E-state index is 11.6. The summed E-state index contributed by atoms with van der Waals surface area (Å²) in [5.74, 6) is 0.397. The Labute approximate surface area is 101 Å². The summed E-state index contributed by atoms with van der Waals surface area (Å²) < 4.78 is 5.18. The molecule has 1 aromatic rings. The fraction of sp³-hybridized carbons (Fsp3) is 0.545. The van der Waals surface area contributed by atoms with E-state index < -0.39 is 6.10 Å². The minimum Gasteiger partial charge on any atom is -0.369 e. The Morgan fingerprint density at radius 2 is 2.06 bits per heavy atom. The summed E-state index contributed by atoms with van der Waals surface area (Å²) in [6, 6.07) is 0. The molecule has 1 N–H and O–H groups in total. The van der Waals surface area contributed by atoms with Crippen molar-refractivity contribution < 1.29 is 9.53 Å². The van der Waals surface area contributed by atoms with Gasteiger partial charge in [0.25, 0.3) is 5.91 Å². The van der Waals surface area contributed by atoms with Crippen molar-refractivity contribution in [1.29, 1.82) is 0 Å². The molecular formula is C11H18N4O2. The van der Waals surface area contributed by atoms with Gasteiger partial charge in [-0.15, -0.1) is 0 Å². The predicted octanol–water partition coefficient (Wildman–Crippen LogP) is 0.906. The van der Waals surface area contributed by atoms with Gasteiger partial charge in [0.2, 0.25) is 5.95 Å². The third kappa shape index (κ3) is 3.99. The molecule has 94 valence electrons. The van der Waals surface area contributed by atoms with E-state index in [1.165, 1.54) is 0 Å². The maximum absolute atomic E-state index is 11.6. The van der Waals surface area contributed by atoms with Crippen LogP contribution in [0.15, 0.2) is 12.4 Å². The van der Waals surface area contributed by atoms with E-state index >= 15 is 0 Å². The Kier molecular flexibility index (Phi) is 4.84. The molecule has 0 aromatic carbocycles. The number of rotatable bonds is 5. The number of anilines is 2. The van der Waals surface area contributed by atoms with Crippen molar-refractivity contribution in [2.24, 2.45) is 0 Å². The normalized spacial score (nSPS) is 12.0. The topological polar surface area (TPSA) is 67.3 Å². The van der Waals surface area contributed by atoms with E-state index in [2.05, 4.69) is 15.3 Å². The highest BCUT2D eigenvalue weighted by molar-refractivity contribution is 5.93. The van der Waals surface area contributed by atoms with Crippen LogP contribution in [0.4, 0.5) is 11.6 Å². The molecule has 1 heterocycles. The molecule has 0 aliphatic heterocycles. The van der Waals surface area contributed by atoms with Crippen LogP contribution in [-0.4, -0.2) is 42.7 Å². The molecule has 0 fully saturated rings. The standard InChI is InChI=1S/C11H18N4O2/c1-5-17-8(2)10(16)14-9-6-12-11(13-7-9)15(3)4/h6-8H,5H2,1-4H3,(H,14,16). The number of ether oxygens (including phenoxy) is 1. The van der Waals surface area contributed by atoms with Crippen molar-refractivity contribution in [3.8, 4) is 0 Å². The monoisotopic (exact) mass is 238 g/mol. The van der Waals surface area contributed by atoms with E-state index in [-0.39, 0.29) is 5.91 Å². The second-order valence-electron chi connectivity index (χ2n) is 3.75. The maximum Gasteiger partial charge on any atom is 0.253 e. The first-order valence-electron chi connectivity index (χ1n) is 5.46. The summed E-state index contributed by atoms with van der Waals surface area (Å²) in [6.07, 6.45) is 2.66. The molecule has 0 aliphatic rings. The molecular weight excluding hydrogens is 220 g/mol. The van der Waals surface area contributed by atoms with Crippen LogP contribution < -0.4 is 10.2 Å². The zero-order valence-electron chi connectivity index (χ0n) is 10.6. The van der Waals surface area contributed by atoms with Crippen molar-refractivity contribution in [2.45, 2.75) is 20.0 Å². The molecule has 0 saturated heterocycles. The van der Waals surface area contributed by atoms with Crippen molar-refractivity contribution in [2.75, 3.05) is 30.9 Å². The van der Waals surface area contributed by atoms with Crippen LogP contribution in [-0.2, 0) is 9.53 Å². The Balaban J connectivity index is 2.60. The third-order valence-corrected chi connectivity index (χ3v) is 2.09. The first-order valence-corrected chi connectivity index (χ1v) is 5.46. The SMILES string of the molecule is CCOC(C)C(=O)Nc1cnc(N(C)C)nc1. The second-order valence-corrected chi connectivity index (χ2v) is 3.75. The van der Waals surface area contributed by atoms with Crippen molar-refractivity contribution in [1.82, 2.24) is 9.97 Å². The lowest BCUT2D eigenvalue weighted by molar-refractivity contribution is -0.126. The number of hydrogen-bond acceptors (Lipinski definition) is 5. The van der Waals surface area contributed by atoms with Gasteiger partial charge in [0.15, 0.2) is 0 Å². The molecule has 1 amide bonds. The molecule has 1 rings (SSSR count). The summed E-state index contributed by atoms with van der Waals surface area (Å²) in [7, 11) is 3.70. The summed E-state index contributed by atoms with van der Waals surface area (Å²) in [6.45, 7) is 4.05. The molecule has 6 nitrogen and oxygen atoms in total. The summed E-state index contributed by atoms with van der Waals surface area (Å²) in [5, 5.41) is 2.69. The molecule has 1 aromatic heterocycles. The van der Waals surface area contributed by atoms with Gasteiger partial charge in [-0.3, -0.25) is 4.79 Å². The molecule has 0 bridgehead atoms. The van der Waals surface area contributed by atoms with Gasteiger partial charge in [-0.2, -0.15) is 0 Å². The van der Waals surface area contributed by atoms with Crippen LogP contribution in [0, 0.1) is 0 Å². The Morgan fingerprint density at radius 3 is 2.53 bits per heavy atom. The Bertz CT molecular complexity index is 364.